The van der Waals surface area contributed by atoms with Crippen LogP contribution in [0.25, 0.3) is 0 Å². The molecule has 0 aromatic carbocycles. The van der Waals surface area contributed by atoms with Gasteiger partial charge >= 0.3 is 0 Å². The molecule has 288 valence electrons. The highest BCUT2D eigenvalue weighted by molar-refractivity contribution is 6.74. The molecule has 0 aromatic heterocycles. The van der Waals surface area contributed by atoms with Crippen LogP contribution in [-0.2, 0) is 18.3 Å². The van der Waals surface area contributed by atoms with Crippen LogP contribution in [0.3, 0.4) is 0 Å². The minimum Gasteiger partial charge on any atom is -0.413 e. The zero-order valence-electron chi connectivity index (χ0n) is 35.4. The highest BCUT2D eigenvalue weighted by Crippen LogP contribution is 2.60. The largest absolute Gasteiger partial charge is 0.413 e. The quantitative estimate of drug-likeness (QED) is 0.188. The predicted molar refractivity (Wildman–Crippen MR) is 219 cm³/mol. The summed E-state index contributed by atoms with van der Waals surface area (Å²) < 4.78 is 26.6. The summed E-state index contributed by atoms with van der Waals surface area (Å²) in [5, 5.41) is 0.336. The minimum absolute atomic E-state index is 0.00920. The van der Waals surface area contributed by atoms with E-state index in [0.717, 1.165) is 44.1 Å². The molecule has 1 heterocycles. The van der Waals surface area contributed by atoms with E-state index in [0.29, 0.717) is 11.3 Å². The van der Waals surface area contributed by atoms with Crippen LogP contribution in [0.15, 0.2) is 35.5 Å². The fourth-order valence-electron chi connectivity index (χ4n) is 9.25. The smallest absolute Gasteiger partial charge is 0.192 e. The lowest BCUT2D eigenvalue weighted by Crippen LogP contribution is -2.49. The van der Waals surface area contributed by atoms with Gasteiger partial charge in [0, 0.05) is 13.0 Å². The highest BCUT2D eigenvalue weighted by Gasteiger charge is 2.51. The van der Waals surface area contributed by atoms with Crippen molar-refractivity contribution in [1.29, 1.82) is 0 Å². The van der Waals surface area contributed by atoms with Crippen molar-refractivity contribution >= 4 is 16.6 Å². The van der Waals surface area contributed by atoms with Crippen LogP contribution in [0.1, 0.15) is 153 Å². The maximum absolute atomic E-state index is 7.12. The molecule has 1 saturated heterocycles. The van der Waals surface area contributed by atoms with E-state index in [9.17, 15) is 0 Å². The first kappa shape index (κ1) is 42.2. The zero-order chi connectivity index (χ0) is 37.3. The van der Waals surface area contributed by atoms with E-state index in [1.807, 2.05) is 0 Å². The third-order valence-electron chi connectivity index (χ3n) is 14.5. The van der Waals surface area contributed by atoms with Gasteiger partial charge in [0.15, 0.2) is 22.9 Å². The summed E-state index contributed by atoms with van der Waals surface area (Å²) in [6, 6.07) is 0. The van der Waals surface area contributed by atoms with Crippen LogP contribution in [0.4, 0.5) is 0 Å². The van der Waals surface area contributed by atoms with Crippen molar-refractivity contribution in [3.63, 3.8) is 0 Å². The second-order valence-electron chi connectivity index (χ2n) is 20.9. The average molecular weight is 729 g/mol. The topological polar surface area (TPSA) is 36.9 Å². The third-order valence-corrected chi connectivity index (χ3v) is 23.5. The van der Waals surface area contributed by atoms with E-state index in [1.165, 1.54) is 68.9 Å². The van der Waals surface area contributed by atoms with E-state index < -0.39 is 16.6 Å². The predicted octanol–water partition coefficient (Wildman–Crippen LogP) is 13.3. The molecule has 7 atom stereocenters. The second kappa shape index (κ2) is 16.1. The Bertz CT molecular complexity index is 1210. The number of fused-ring (bicyclic) bond motifs is 1. The van der Waals surface area contributed by atoms with Crippen molar-refractivity contribution in [3.8, 4) is 0 Å². The molecule has 0 amide bonds. The molecule has 4 aliphatic rings. The molecule has 1 aliphatic heterocycles. The van der Waals surface area contributed by atoms with Gasteiger partial charge in [0.1, 0.15) is 0 Å². The first-order valence-electron chi connectivity index (χ1n) is 20.7. The van der Waals surface area contributed by atoms with Crippen molar-refractivity contribution < 1.29 is 18.3 Å². The van der Waals surface area contributed by atoms with Crippen LogP contribution in [0.2, 0.25) is 36.3 Å². The summed E-state index contributed by atoms with van der Waals surface area (Å²) in [6.07, 6.45) is 20.7. The van der Waals surface area contributed by atoms with Gasteiger partial charge in [-0.05, 0) is 149 Å². The Labute approximate surface area is 312 Å². The lowest BCUT2D eigenvalue weighted by atomic mass is 9.60. The summed E-state index contributed by atoms with van der Waals surface area (Å²) in [5.41, 5.74) is 4.51. The van der Waals surface area contributed by atoms with E-state index in [2.05, 4.69) is 108 Å². The van der Waals surface area contributed by atoms with Gasteiger partial charge in [-0.2, -0.15) is 0 Å². The SMILES string of the molecule is C=C1C(=CC=C2CCC[C@@]3(C)C2CCC3C(C)CCCC(C)(C)OC2CCCCO2)CC(O[Si](C)(C)C(C)(C)C)CC1O[Si](C)(C)C(C)(C)C. The molecule has 4 nitrogen and oxygen atoms in total. The van der Waals surface area contributed by atoms with Crippen LogP contribution in [0, 0.1) is 23.2 Å². The van der Waals surface area contributed by atoms with Gasteiger partial charge in [-0.25, -0.2) is 0 Å². The van der Waals surface area contributed by atoms with Crippen molar-refractivity contribution in [2.45, 2.75) is 213 Å². The van der Waals surface area contributed by atoms with E-state index in [-0.39, 0.29) is 34.2 Å². The summed E-state index contributed by atoms with van der Waals surface area (Å²) in [5.74, 6) is 2.23. The van der Waals surface area contributed by atoms with Crippen LogP contribution in [0.5, 0.6) is 0 Å². The normalized spacial score (nSPS) is 32.8. The Morgan fingerprint density at radius 1 is 0.900 bits per heavy atom. The molecule has 0 spiro atoms. The van der Waals surface area contributed by atoms with Gasteiger partial charge in [0.2, 0.25) is 0 Å². The summed E-state index contributed by atoms with van der Waals surface area (Å²) in [7, 11) is -3.91. The molecule has 0 N–H and O–H groups in total. The molecule has 3 aliphatic carbocycles. The maximum atomic E-state index is 7.12. The number of rotatable bonds is 12. The Balaban J connectivity index is 1.47. The molecule has 4 rings (SSSR count). The van der Waals surface area contributed by atoms with Crippen molar-refractivity contribution in [2.75, 3.05) is 6.61 Å². The van der Waals surface area contributed by atoms with Gasteiger partial charge in [-0.3, -0.25) is 0 Å². The minimum atomic E-state index is -1.98. The number of ether oxygens (including phenoxy) is 2. The van der Waals surface area contributed by atoms with E-state index in [4.69, 9.17) is 24.9 Å². The van der Waals surface area contributed by atoms with Crippen LogP contribution < -0.4 is 0 Å². The van der Waals surface area contributed by atoms with Crippen molar-refractivity contribution in [3.05, 3.63) is 35.5 Å². The summed E-state index contributed by atoms with van der Waals surface area (Å²) in [6.45, 7) is 38.9. The Morgan fingerprint density at radius 3 is 2.18 bits per heavy atom. The highest BCUT2D eigenvalue weighted by atomic mass is 28.4. The monoisotopic (exact) mass is 729 g/mol. The molecule has 3 saturated carbocycles. The van der Waals surface area contributed by atoms with Gasteiger partial charge in [0.25, 0.3) is 0 Å². The van der Waals surface area contributed by atoms with Crippen molar-refractivity contribution in [1.82, 2.24) is 0 Å². The number of allylic oxidation sites excluding steroid dienone is 3. The zero-order valence-corrected chi connectivity index (χ0v) is 37.4. The molecule has 0 bridgehead atoms. The van der Waals surface area contributed by atoms with Crippen LogP contribution in [-0.4, -0.2) is 47.3 Å². The summed E-state index contributed by atoms with van der Waals surface area (Å²) >= 11 is 0. The van der Waals surface area contributed by atoms with Gasteiger partial charge < -0.3 is 18.3 Å². The number of hydrogen-bond donors (Lipinski definition) is 0. The standard InChI is InChI=1S/C44H80O4Si2/c1-32(20-18-27-43(9,10)46-40-22-16-17-29-45-40)37-25-26-38-34(21-19-28-44(37,38)11)23-24-35-30-36(47-49(12,13)41(3,4)5)31-39(33(35)2)48-50(14,15)42(6,7)8/h23-24,32,36-40H,2,16-22,25-31H2,1,3-15H3/t32?,36?,37?,38?,39?,40?,44-/m1/s1. The molecular formula is C44H80O4Si2. The Kier molecular flexibility index (Phi) is 13.6. The Hall–Kier alpha value is -0.506. The third kappa shape index (κ3) is 10.2. The fourth-order valence-corrected chi connectivity index (χ4v) is 11.9. The van der Waals surface area contributed by atoms with Crippen LogP contribution >= 0.6 is 0 Å². The van der Waals surface area contributed by atoms with E-state index >= 15 is 0 Å². The molecule has 0 aromatic rings. The van der Waals surface area contributed by atoms with Gasteiger partial charge in [-0.1, -0.05) is 92.5 Å². The van der Waals surface area contributed by atoms with Gasteiger partial charge in [0.05, 0.1) is 17.8 Å². The number of hydrogen-bond acceptors (Lipinski definition) is 4. The molecule has 6 unspecified atom stereocenters. The first-order chi connectivity index (χ1) is 23.0. The molecule has 0 radical (unpaired) electrons. The Morgan fingerprint density at radius 2 is 1.56 bits per heavy atom. The van der Waals surface area contributed by atoms with Gasteiger partial charge in [-0.15, -0.1) is 0 Å². The molecule has 4 fully saturated rings. The fraction of sp³-hybridized carbons (Fsp3) is 0.864. The first-order valence-corrected chi connectivity index (χ1v) is 26.5. The summed E-state index contributed by atoms with van der Waals surface area (Å²) in [4.78, 5) is 0. The average Bonchev–Trinajstić information content (AvgIpc) is 3.34. The second-order valence-corrected chi connectivity index (χ2v) is 30.4. The van der Waals surface area contributed by atoms with Crippen molar-refractivity contribution in [2.24, 2.45) is 23.2 Å². The molecule has 6 heteroatoms. The maximum Gasteiger partial charge on any atom is 0.192 e. The lowest BCUT2D eigenvalue weighted by Gasteiger charge is -2.46. The van der Waals surface area contributed by atoms with E-state index in [1.54, 1.807) is 5.57 Å². The molecule has 50 heavy (non-hydrogen) atoms. The molecular weight excluding hydrogens is 649 g/mol. The lowest BCUT2D eigenvalue weighted by molar-refractivity contribution is -0.217.